The quantitative estimate of drug-likeness (QED) is 0.665. The zero-order chi connectivity index (χ0) is 22.8. The Kier molecular flexibility index (Phi) is 6.50. The van der Waals surface area contributed by atoms with Crippen molar-refractivity contribution in [3.8, 4) is 22.6 Å². The van der Waals surface area contributed by atoms with Crippen molar-refractivity contribution < 1.29 is 27.4 Å². The number of carbonyl (C=O) groups is 1. The van der Waals surface area contributed by atoms with E-state index in [1.165, 1.54) is 6.26 Å². The molecule has 0 spiro atoms. The Morgan fingerprint density at radius 1 is 1.03 bits per heavy atom. The Balaban J connectivity index is 1.59. The minimum absolute atomic E-state index is 0.237. The lowest BCUT2D eigenvalue weighted by molar-refractivity contribution is -0.00796. The normalized spacial score (nSPS) is 14.7. The van der Waals surface area contributed by atoms with E-state index in [1.807, 2.05) is 39.0 Å². The molecule has 2 aromatic carbocycles. The van der Waals surface area contributed by atoms with E-state index >= 15 is 0 Å². The average molecular weight is 448 g/mol. The summed E-state index contributed by atoms with van der Waals surface area (Å²) < 4.78 is 40.0. The smallest absolute Gasteiger partial charge is 0.410 e. The molecule has 0 unspecified atom stereocenters. The summed E-state index contributed by atoms with van der Waals surface area (Å²) in [5.74, 6) is 1.45. The molecule has 0 bridgehead atoms. The summed E-state index contributed by atoms with van der Waals surface area (Å²) in [6, 6.07) is 12.3. The molecule has 1 aliphatic rings. The maximum absolute atomic E-state index is 12.0. The van der Waals surface area contributed by atoms with Gasteiger partial charge in [0.25, 0.3) is 0 Å². The van der Waals surface area contributed by atoms with Crippen molar-refractivity contribution in [1.82, 2.24) is 4.90 Å². The highest BCUT2D eigenvalue weighted by atomic mass is 32.2. The molecule has 8 heteroatoms. The van der Waals surface area contributed by atoms with E-state index < -0.39 is 15.4 Å². The van der Waals surface area contributed by atoms with Gasteiger partial charge < -0.3 is 19.1 Å². The molecule has 2 aromatic rings. The fraction of sp³-hybridized carbons (Fsp3) is 0.435. The molecule has 31 heavy (non-hydrogen) atoms. The Hall–Kier alpha value is -2.74. The molecular formula is C23H29NO6S. The molecule has 168 valence electrons. The zero-order valence-electron chi connectivity index (χ0n) is 18.5. The number of hydrogen-bond acceptors (Lipinski definition) is 6. The lowest BCUT2D eigenvalue weighted by atomic mass is 10.0. The van der Waals surface area contributed by atoms with Gasteiger partial charge in [-0.2, -0.15) is 0 Å². The van der Waals surface area contributed by atoms with Crippen LogP contribution in [-0.2, 0) is 14.6 Å². The molecule has 0 aliphatic carbocycles. The fourth-order valence-corrected chi connectivity index (χ4v) is 3.85. The topological polar surface area (TPSA) is 82.1 Å². The van der Waals surface area contributed by atoms with Gasteiger partial charge in [-0.3, -0.25) is 0 Å². The SMILES string of the molecule is COc1cc(-c2ccc(S(C)(=O)=O)cc2)ccc1OCC1CN(C(=O)OC(C)(C)C)C1. The zero-order valence-corrected chi connectivity index (χ0v) is 19.4. The monoisotopic (exact) mass is 447 g/mol. The van der Waals surface area contributed by atoms with Crippen molar-refractivity contribution in [3.05, 3.63) is 42.5 Å². The molecule has 0 aromatic heterocycles. The lowest BCUT2D eigenvalue weighted by Gasteiger charge is -2.39. The van der Waals surface area contributed by atoms with Gasteiger partial charge >= 0.3 is 6.09 Å². The van der Waals surface area contributed by atoms with Gasteiger partial charge in [0.1, 0.15) is 5.60 Å². The Labute approximate surface area is 183 Å². The molecule has 3 rings (SSSR count). The Morgan fingerprint density at radius 3 is 2.19 bits per heavy atom. The van der Waals surface area contributed by atoms with Gasteiger partial charge in [-0.05, 0) is 56.2 Å². The molecule has 1 fully saturated rings. The highest BCUT2D eigenvalue weighted by Gasteiger charge is 2.34. The Bertz CT molecular complexity index is 1030. The molecule has 7 nitrogen and oxygen atoms in total. The van der Waals surface area contributed by atoms with Crippen molar-refractivity contribution in [2.45, 2.75) is 31.3 Å². The fourth-order valence-electron chi connectivity index (χ4n) is 3.22. The van der Waals surface area contributed by atoms with Gasteiger partial charge in [0.05, 0.1) is 18.6 Å². The van der Waals surface area contributed by atoms with Crippen LogP contribution in [0.15, 0.2) is 47.4 Å². The number of nitrogens with zero attached hydrogens (tertiary/aromatic N) is 1. The van der Waals surface area contributed by atoms with Crippen LogP contribution in [-0.4, -0.2) is 58.1 Å². The molecule has 0 N–H and O–H groups in total. The third-order valence-corrected chi connectivity index (χ3v) is 5.99. The molecule has 1 amide bonds. The van der Waals surface area contributed by atoms with E-state index in [-0.39, 0.29) is 16.9 Å². The number of hydrogen-bond donors (Lipinski definition) is 0. The number of sulfone groups is 1. The van der Waals surface area contributed by atoms with Gasteiger partial charge in [-0.25, -0.2) is 13.2 Å². The van der Waals surface area contributed by atoms with Crippen molar-refractivity contribution >= 4 is 15.9 Å². The first kappa shape index (κ1) is 22.9. The van der Waals surface area contributed by atoms with Gasteiger partial charge in [0.15, 0.2) is 21.3 Å². The molecular weight excluding hydrogens is 418 g/mol. The highest BCUT2D eigenvalue weighted by molar-refractivity contribution is 7.90. The predicted octanol–water partition coefficient (Wildman–Crippen LogP) is 4.01. The third kappa shape index (κ3) is 5.91. The number of likely N-dealkylation sites (tertiary alicyclic amines) is 1. The number of methoxy groups -OCH3 is 1. The summed E-state index contributed by atoms with van der Waals surface area (Å²) in [5.41, 5.74) is 1.27. The van der Waals surface area contributed by atoms with Crippen molar-refractivity contribution in [3.63, 3.8) is 0 Å². The van der Waals surface area contributed by atoms with Crippen LogP contribution < -0.4 is 9.47 Å². The van der Waals surface area contributed by atoms with Gasteiger partial charge in [0, 0.05) is 25.3 Å². The van der Waals surface area contributed by atoms with E-state index in [9.17, 15) is 13.2 Å². The van der Waals surface area contributed by atoms with Crippen LogP contribution in [0.2, 0.25) is 0 Å². The van der Waals surface area contributed by atoms with E-state index in [0.29, 0.717) is 31.2 Å². The maximum atomic E-state index is 12.0. The summed E-state index contributed by atoms with van der Waals surface area (Å²) >= 11 is 0. The van der Waals surface area contributed by atoms with Crippen LogP contribution in [0.1, 0.15) is 20.8 Å². The summed E-state index contributed by atoms with van der Waals surface area (Å²) in [4.78, 5) is 14.0. The molecule has 1 heterocycles. The minimum Gasteiger partial charge on any atom is -0.493 e. The molecule has 0 radical (unpaired) electrons. The minimum atomic E-state index is -3.23. The van der Waals surface area contributed by atoms with Crippen LogP contribution in [0, 0.1) is 5.92 Å². The summed E-state index contributed by atoms with van der Waals surface area (Å²) in [5, 5.41) is 0. The summed E-state index contributed by atoms with van der Waals surface area (Å²) in [6.07, 6.45) is 0.888. The number of benzene rings is 2. The summed E-state index contributed by atoms with van der Waals surface area (Å²) in [7, 11) is -1.65. The van der Waals surface area contributed by atoms with Gasteiger partial charge in [-0.1, -0.05) is 18.2 Å². The highest BCUT2D eigenvalue weighted by Crippen LogP contribution is 2.33. The first-order valence-electron chi connectivity index (χ1n) is 10.1. The van der Waals surface area contributed by atoms with Crippen LogP contribution in [0.5, 0.6) is 11.5 Å². The second-order valence-electron chi connectivity index (χ2n) is 8.72. The lowest BCUT2D eigenvalue weighted by Crippen LogP contribution is -2.53. The van der Waals surface area contributed by atoms with E-state index in [0.717, 1.165) is 11.1 Å². The van der Waals surface area contributed by atoms with Crippen LogP contribution in [0.4, 0.5) is 4.79 Å². The van der Waals surface area contributed by atoms with Crippen LogP contribution >= 0.6 is 0 Å². The first-order valence-corrected chi connectivity index (χ1v) is 11.9. The summed E-state index contributed by atoms with van der Waals surface area (Å²) in [6.45, 7) is 7.21. The molecule has 1 saturated heterocycles. The number of rotatable bonds is 6. The number of amides is 1. The maximum Gasteiger partial charge on any atom is 0.410 e. The number of carbonyl (C=O) groups excluding carboxylic acids is 1. The second-order valence-corrected chi connectivity index (χ2v) is 10.7. The Morgan fingerprint density at radius 2 is 1.65 bits per heavy atom. The van der Waals surface area contributed by atoms with Crippen LogP contribution in [0.3, 0.4) is 0 Å². The molecule has 1 aliphatic heterocycles. The van der Waals surface area contributed by atoms with E-state index in [1.54, 1.807) is 36.3 Å². The van der Waals surface area contributed by atoms with Crippen LogP contribution in [0.25, 0.3) is 11.1 Å². The van der Waals surface area contributed by atoms with E-state index in [2.05, 4.69) is 0 Å². The predicted molar refractivity (Wildman–Crippen MR) is 118 cm³/mol. The first-order chi connectivity index (χ1) is 14.5. The van der Waals surface area contributed by atoms with Gasteiger partial charge in [-0.15, -0.1) is 0 Å². The van der Waals surface area contributed by atoms with Crippen molar-refractivity contribution in [2.24, 2.45) is 5.92 Å². The second kappa shape index (κ2) is 8.78. The standard InChI is InChI=1S/C23H29NO6S/c1-23(2,3)30-22(25)24-13-16(14-24)15-29-20-11-8-18(12-21(20)28-4)17-6-9-19(10-7-17)31(5,26)27/h6-12,16H,13-15H2,1-5H3. The average Bonchev–Trinajstić information content (AvgIpc) is 2.64. The largest absolute Gasteiger partial charge is 0.493 e. The van der Waals surface area contributed by atoms with Gasteiger partial charge in [0.2, 0.25) is 0 Å². The van der Waals surface area contributed by atoms with Crippen molar-refractivity contribution in [2.75, 3.05) is 33.1 Å². The van der Waals surface area contributed by atoms with E-state index in [4.69, 9.17) is 14.2 Å². The third-order valence-electron chi connectivity index (χ3n) is 4.86. The number of ether oxygens (including phenoxy) is 3. The molecule has 0 saturated carbocycles. The molecule has 0 atom stereocenters. The van der Waals surface area contributed by atoms with Crippen molar-refractivity contribution in [1.29, 1.82) is 0 Å².